The van der Waals surface area contributed by atoms with Crippen molar-refractivity contribution in [2.24, 2.45) is 4.99 Å². The van der Waals surface area contributed by atoms with E-state index in [-0.39, 0.29) is 39.8 Å². The third-order valence-corrected chi connectivity index (χ3v) is 5.05. The molecule has 0 bridgehead atoms. The van der Waals surface area contributed by atoms with Crippen LogP contribution >= 0.6 is 0 Å². The van der Waals surface area contributed by atoms with Gasteiger partial charge in [-0.25, -0.2) is 4.98 Å². The Balaban J connectivity index is 1.72. The van der Waals surface area contributed by atoms with E-state index in [9.17, 15) is 18.0 Å². The largest absolute Gasteiger partial charge is 0.433 e. The van der Waals surface area contributed by atoms with Gasteiger partial charge in [0.15, 0.2) is 11.5 Å². The molecule has 0 unspecified atom stereocenters. The molecule has 5 rings (SSSR count). The van der Waals surface area contributed by atoms with Gasteiger partial charge in [0.05, 0.1) is 11.3 Å². The summed E-state index contributed by atoms with van der Waals surface area (Å²) in [6.45, 7) is 2.79. The van der Waals surface area contributed by atoms with Crippen molar-refractivity contribution in [3.8, 4) is 22.6 Å². The van der Waals surface area contributed by atoms with Gasteiger partial charge in [-0.3, -0.25) is 14.9 Å². The highest BCUT2D eigenvalue weighted by molar-refractivity contribution is 5.95. The molecule has 0 aliphatic carbocycles. The average Bonchev–Trinajstić information content (AvgIpc) is 3.40. The van der Waals surface area contributed by atoms with Crippen LogP contribution in [-0.4, -0.2) is 43.7 Å². The molecular formula is C20H16F3N7O2. The number of hydrogen-bond donors (Lipinski definition) is 2. The summed E-state index contributed by atoms with van der Waals surface area (Å²) in [5.41, 5.74) is -1.87. The first-order chi connectivity index (χ1) is 15.3. The van der Waals surface area contributed by atoms with Crippen molar-refractivity contribution in [3.05, 3.63) is 58.0 Å². The summed E-state index contributed by atoms with van der Waals surface area (Å²) in [4.78, 5) is 21.8. The van der Waals surface area contributed by atoms with Crippen molar-refractivity contribution in [3.63, 3.8) is 0 Å². The lowest BCUT2D eigenvalue weighted by Crippen LogP contribution is -2.30. The Morgan fingerprint density at radius 1 is 1.09 bits per heavy atom. The standard InChI is InChI=1S/C20H16F3N7O2/c1-10-12(17-27-28-18(32-17)15-24-8-5-9-25-15)19(31)30-16(26-10)13(11-6-3-2-4-7-11)14(29-30)20(21,22)23/h2-4,6-7,29H,5,8-9H2,1H3,(H,24,25). The molecular weight excluding hydrogens is 427 g/mol. The van der Waals surface area contributed by atoms with Crippen LogP contribution < -0.4 is 10.9 Å². The smallest absolute Gasteiger partial charge is 0.413 e. The number of aryl methyl sites for hydroxylation is 1. The molecule has 1 aliphatic heterocycles. The highest BCUT2D eigenvalue weighted by atomic mass is 19.4. The van der Waals surface area contributed by atoms with E-state index in [4.69, 9.17) is 4.42 Å². The van der Waals surface area contributed by atoms with E-state index < -0.39 is 17.4 Å². The van der Waals surface area contributed by atoms with Crippen LogP contribution in [0.1, 0.15) is 23.7 Å². The molecule has 3 aromatic heterocycles. The lowest BCUT2D eigenvalue weighted by atomic mass is 10.1. The van der Waals surface area contributed by atoms with E-state index in [2.05, 4.69) is 30.6 Å². The molecule has 0 atom stereocenters. The second-order valence-electron chi connectivity index (χ2n) is 7.18. The van der Waals surface area contributed by atoms with Crippen LogP contribution in [0.5, 0.6) is 0 Å². The molecule has 12 heteroatoms. The minimum absolute atomic E-state index is 0.0905. The number of H-pyrrole nitrogens is 1. The topological polar surface area (TPSA) is 113 Å². The predicted octanol–water partition coefficient (Wildman–Crippen LogP) is 2.81. The fourth-order valence-electron chi connectivity index (χ4n) is 3.60. The fraction of sp³-hybridized carbons (Fsp3) is 0.250. The van der Waals surface area contributed by atoms with Gasteiger partial charge in [0.1, 0.15) is 11.3 Å². The zero-order valence-corrected chi connectivity index (χ0v) is 16.7. The minimum Gasteiger partial charge on any atom is -0.413 e. The molecule has 1 aliphatic rings. The first-order valence-corrected chi connectivity index (χ1v) is 9.75. The molecule has 164 valence electrons. The second-order valence-corrected chi connectivity index (χ2v) is 7.18. The number of aliphatic imine (C=N–C) groups is 1. The Bertz CT molecular complexity index is 1400. The number of nitrogens with zero attached hydrogens (tertiary/aromatic N) is 5. The van der Waals surface area contributed by atoms with Crippen molar-refractivity contribution in [1.29, 1.82) is 0 Å². The summed E-state index contributed by atoms with van der Waals surface area (Å²) >= 11 is 0. The highest BCUT2D eigenvalue weighted by Crippen LogP contribution is 2.38. The number of aromatic amines is 1. The highest BCUT2D eigenvalue weighted by Gasteiger charge is 2.38. The van der Waals surface area contributed by atoms with Crippen molar-refractivity contribution >= 4 is 11.5 Å². The monoisotopic (exact) mass is 443 g/mol. The molecule has 0 spiro atoms. The van der Waals surface area contributed by atoms with Crippen molar-refractivity contribution in [1.82, 2.24) is 30.1 Å². The number of alkyl halides is 3. The number of amidine groups is 1. The molecule has 0 saturated carbocycles. The van der Waals surface area contributed by atoms with E-state index in [1.165, 1.54) is 19.1 Å². The van der Waals surface area contributed by atoms with Crippen LogP contribution in [0.4, 0.5) is 13.2 Å². The molecule has 0 radical (unpaired) electrons. The average molecular weight is 443 g/mol. The van der Waals surface area contributed by atoms with Crippen LogP contribution in [0.2, 0.25) is 0 Å². The number of halogens is 3. The van der Waals surface area contributed by atoms with E-state index in [0.29, 0.717) is 18.9 Å². The Hall–Kier alpha value is -3.96. The molecule has 4 heterocycles. The SMILES string of the molecule is Cc1nc2c(-c3ccccc3)c(C(F)(F)F)[nH]n2c(=O)c1-c1nnc(C2=NCCCN2)o1. The number of hydrogen-bond acceptors (Lipinski definition) is 7. The fourth-order valence-corrected chi connectivity index (χ4v) is 3.60. The van der Waals surface area contributed by atoms with Crippen LogP contribution in [0.25, 0.3) is 28.2 Å². The molecule has 4 aromatic rings. The Kier molecular flexibility index (Phi) is 4.57. The first-order valence-electron chi connectivity index (χ1n) is 9.75. The van der Waals surface area contributed by atoms with Gasteiger partial charge in [-0.15, -0.1) is 10.2 Å². The lowest BCUT2D eigenvalue weighted by molar-refractivity contribution is -0.140. The number of aromatic nitrogens is 5. The third kappa shape index (κ3) is 3.24. The number of nitrogens with one attached hydrogen (secondary N) is 2. The number of fused-ring (bicyclic) bond motifs is 1. The normalized spacial score (nSPS) is 14.4. The van der Waals surface area contributed by atoms with Crippen molar-refractivity contribution in [2.45, 2.75) is 19.5 Å². The molecule has 9 nitrogen and oxygen atoms in total. The summed E-state index contributed by atoms with van der Waals surface area (Å²) < 4.78 is 47.8. The van der Waals surface area contributed by atoms with Crippen LogP contribution in [-0.2, 0) is 6.18 Å². The molecule has 0 fully saturated rings. The van der Waals surface area contributed by atoms with Crippen LogP contribution in [0.3, 0.4) is 0 Å². The van der Waals surface area contributed by atoms with Crippen molar-refractivity contribution < 1.29 is 17.6 Å². The van der Waals surface area contributed by atoms with E-state index in [0.717, 1.165) is 10.9 Å². The summed E-state index contributed by atoms with van der Waals surface area (Å²) in [5, 5.41) is 13.0. The second kappa shape index (κ2) is 7.32. The zero-order valence-electron chi connectivity index (χ0n) is 16.7. The van der Waals surface area contributed by atoms with Crippen LogP contribution in [0, 0.1) is 6.92 Å². The van der Waals surface area contributed by atoms with Crippen LogP contribution in [0.15, 0.2) is 44.5 Å². The van der Waals surface area contributed by atoms with Crippen molar-refractivity contribution in [2.75, 3.05) is 13.1 Å². The summed E-state index contributed by atoms with van der Waals surface area (Å²) in [7, 11) is 0. The maximum Gasteiger partial charge on any atom is 0.433 e. The van der Waals surface area contributed by atoms with Gasteiger partial charge in [-0.1, -0.05) is 30.3 Å². The van der Waals surface area contributed by atoms with Gasteiger partial charge in [0.2, 0.25) is 0 Å². The Morgan fingerprint density at radius 3 is 2.53 bits per heavy atom. The van der Waals surface area contributed by atoms with Gasteiger partial charge < -0.3 is 9.73 Å². The molecule has 0 saturated heterocycles. The Labute approximate surface area is 178 Å². The molecule has 32 heavy (non-hydrogen) atoms. The lowest BCUT2D eigenvalue weighted by Gasteiger charge is -2.10. The van der Waals surface area contributed by atoms with Gasteiger partial charge >= 0.3 is 6.18 Å². The maximum atomic E-state index is 13.8. The van der Waals surface area contributed by atoms with Gasteiger partial charge in [0.25, 0.3) is 17.3 Å². The number of benzene rings is 1. The van der Waals surface area contributed by atoms with Gasteiger partial charge in [-0.05, 0) is 18.9 Å². The van der Waals surface area contributed by atoms with Gasteiger partial charge in [0, 0.05) is 13.1 Å². The van der Waals surface area contributed by atoms with E-state index in [1.807, 2.05) is 0 Å². The summed E-state index contributed by atoms with van der Waals surface area (Å²) in [6.07, 6.45) is -3.87. The van der Waals surface area contributed by atoms with E-state index in [1.54, 1.807) is 18.2 Å². The predicted molar refractivity (Wildman–Crippen MR) is 108 cm³/mol. The van der Waals surface area contributed by atoms with Gasteiger partial charge in [-0.2, -0.15) is 17.7 Å². The molecule has 0 amide bonds. The Morgan fingerprint density at radius 2 is 1.84 bits per heavy atom. The first kappa shape index (κ1) is 20.0. The van der Waals surface area contributed by atoms with E-state index >= 15 is 0 Å². The molecule has 1 aromatic carbocycles. The quantitative estimate of drug-likeness (QED) is 0.504. The molecule has 2 N–H and O–H groups in total. The number of rotatable bonds is 3. The maximum absolute atomic E-state index is 13.8. The minimum atomic E-state index is -4.73. The summed E-state index contributed by atoms with van der Waals surface area (Å²) in [6, 6.07) is 7.96. The zero-order chi connectivity index (χ0) is 22.5. The third-order valence-electron chi connectivity index (χ3n) is 5.05. The summed E-state index contributed by atoms with van der Waals surface area (Å²) in [5.74, 6) is 0.354.